The summed E-state index contributed by atoms with van der Waals surface area (Å²) in [6, 6.07) is 22.7. The van der Waals surface area contributed by atoms with Gasteiger partial charge in [-0.05, 0) is 60.7 Å². The molecule has 2 amide bonds. The number of halogens is 3. The number of aryl methyl sites for hydroxylation is 1. The Bertz CT molecular complexity index is 1930. The quantitative estimate of drug-likeness (QED) is 0.187. The highest BCUT2D eigenvalue weighted by atomic mass is 19.4. The number of carbonyl (C=O) groups excluding carboxylic acids is 2. The van der Waals surface area contributed by atoms with E-state index in [2.05, 4.69) is 16.0 Å². The van der Waals surface area contributed by atoms with Crippen molar-refractivity contribution in [3.63, 3.8) is 0 Å². The minimum Gasteiger partial charge on any atom is -0.496 e. The Morgan fingerprint density at radius 3 is 2.31 bits per heavy atom. The number of nitrogens with zero attached hydrogens (tertiary/aromatic N) is 5. The van der Waals surface area contributed by atoms with E-state index in [4.69, 9.17) is 9.47 Å². The van der Waals surface area contributed by atoms with Crippen LogP contribution in [0.4, 0.5) is 18.9 Å². The van der Waals surface area contributed by atoms with Crippen LogP contribution in [0.15, 0.2) is 91.1 Å². The molecule has 12 heteroatoms. The van der Waals surface area contributed by atoms with E-state index in [0.717, 1.165) is 66.1 Å². The number of methoxy groups -OCH3 is 1. The highest BCUT2D eigenvalue weighted by Gasteiger charge is 2.30. The first-order valence-electron chi connectivity index (χ1n) is 15.3. The van der Waals surface area contributed by atoms with E-state index in [-0.39, 0.29) is 17.4 Å². The van der Waals surface area contributed by atoms with Gasteiger partial charge in [0.2, 0.25) is 5.88 Å². The maximum Gasteiger partial charge on any atom is 0.416 e. The number of piperazine rings is 1. The fourth-order valence-corrected chi connectivity index (χ4v) is 5.81. The molecular formula is C36H34F3N5O4. The van der Waals surface area contributed by atoms with Crippen molar-refractivity contribution in [1.29, 1.82) is 0 Å². The van der Waals surface area contributed by atoms with Gasteiger partial charge in [0.05, 0.1) is 24.6 Å². The molecule has 0 saturated carbocycles. The van der Waals surface area contributed by atoms with Gasteiger partial charge in [-0.1, -0.05) is 18.2 Å². The average molecular weight is 658 g/mol. The molecule has 48 heavy (non-hydrogen) atoms. The summed E-state index contributed by atoms with van der Waals surface area (Å²) in [5.41, 5.74) is 2.32. The molecule has 0 unspecified atom stereocenters. The van der Waals surface area contributed by atoms with Crippen molar-refractivity contribution in [2.75, 3.05) is 45.2 Å². The summed E-state index contributed by atoms with van der Waals surface area (Å²) >= 11 is 0. The van der Waals surface area contributed by atoms with E-state index in [1.54, 1.807) is 25.3 Å². The molecule has 3 aromatic carbocycles. The molecule has 248 valence electrons. The predicted molar refractivity (Wildman–Crippen MR) is 176 cm³/mol. The van der Waals surface area contributed by atoms with E-state index in [9.17, 15) is 22.8 Å². The number of carbonyl (C=O) groups is 2. The summed E-state index contributed by atoms with van der Waals surface area (Å²) in [6.45, 7) is 3.53. The zero-order chi connectivity index (χ0) is 34.0. The van der Waals surface area contributed by atoms with Crippen LogP contribution in [0.1, 0.15) is 32.0 Å². The van der Waals surface area contributed by atoms with E-state index in [1.807, 2.05) is 52.9 Å². The van der Waals surface area contributed by atoms with Crippen LogP contribution < -0.4 is 14.4 Å². The van der Waals surface area contributed by atoms with Crippen molar-refractivity contribution in [3.05, 3.63) is 114 Å². The Kier molecular flexibility index (Phi) is 9.09. The first kappa shape index (κ1) is 32.6. The normalized spacial score (nSPS) is 13.8. The zero-order valence-corrected chi connectivity index (χ0v) is 26.7. The molecule has 0 spiro atoms. The number of hydrogen-bond acceptors (Lipinski definition) is 6. The van der Waals surface area contributed by atoms with Crippen molar-refractivity contribution in [2.45, 2.75) is 12.7 Å². The number of para-hydroxylation sites is 1. The predicted octanol–water partition coefficient (Wildman–Crippen LogP) is 6.63. The van der Waals surface area contributed by atoms with Crippen molar-refractivity contribution in [1.82, 2.24) is 19.4 Å². The second-order valence-electron chi connectivity index (χ2n) is 11.6. The van der Waals surface area contributed by atoms with Crippen LogP contribution in [0, 0.1) is 0 Å². The minimum atomic E-state index is -4.48. The minimum absolute atomic E-state index is 0.0275. The molecule has 9 nitrogen and oxygen atoms in total. The summed E-state index contributed by atoms with van der Waals surface area (Å²) in [4.78, 5) is 36.2. The lowest BCUT2D eigenvalue weighted by molar-refractivity contribution is -0.137. The lowest BCUT2D eigenvalue weighted by Crippen LogP contribution is -2.48. The van der Waals surface area contributed by atoms with Gasteiger partial charge >= 0.3 is 6.18 Å². The molecule has 1 aliphatic heterocycles. The number of benzene rings is 3. The van der Waals surface area contributed by atoms with E-state index < -0.39 is 17.6 Å². The van der Waals surface area contributed by atoms with Gasteiger partial charge in [-0.25, -0.2) is 4.98 Å². The van der Waals surface area contributed by atoms with Crippen molar-refractivity contribution < 1.29 is 32.2 Å². The smallest absolute Gasteiger partial charge is 0.416 e. The van der Waals surface area contributed by atoms with Gasteiger partial charge in [0.1, 0.15) is 17.2 Å². The van der Waals surface area contributed by atoms with Crippen LogP contribution in [0.3, 0.4) is 0 Å². The Hall–Kier alpha value is -5.36. The average Bonchev–Trinajstić information content (AvgIpc) is 3.43. The number of fused-ring (bicyclic) bond motifs is 1. The molecule has 1 saturated heterocycles. The van der Waals surface area contributed by atoms with Crippen LogP contribution in [-0.2, 0) is 19.8 Å². The van der Waals surface area contributed by atoms with Crippen LogP contribution in [0.25, 0.3) is 10.9 Å². The lowest BCUT2D eigenvalue weighted by Gasteiger charge is -2.35. The first-order chi connectivity index (χ1) is 23.0. The number of ether oxygens (including phenoxy) is 2. The highest BCUT2D eigenvalue weighted by molar-refractivity contribution is 6.05. The number of rotatable bonds is 8. The van der Waals surface area contributed by atoms with Crippen molar-refractivity contribution >= 4 is 28.4 Å². The lowest BCUT2D eigenvalue weighted by atomic mass is 10.1. The van der Waals surface area contributed by atoms with Crippen LogP contribution in [-0.4, -0.2) is 71.5 Å². The maximum atomic E-state index is 13.6. The summed E-state index contributed by atoms with van der Waals surface area (Å²) < 4.78 is 52.0. The number of aromatic nitrogens is 2. The van der Waals surface area contributed by atoms with Crippen LogP contribution in [0.2, 0.25) is 0 Å². The number of amides is 2. The maximum absolute atomic E-state index is 13.6. The zero-order valence-electron chi connectivity index (χ0n) is 26.7. The molecule has 1 aliphatic rings. The van der Waals surface area contributed by atoms with E-state index in [0.29, 0.717) is 30.2 Å². The molecule has 0 atom stereocenters. The SMILES string of the molecule is COc1ccccc1CN1CCN(C(=O)c2cc3cc(Oc4ccc(N(C)C(=O)c5ccc(C(F)(F)F)cc5)cn4)ccc3n2C)CC1. The molecule has 1 fully saturated rings. The number of pyridine rings is 1. The molecule has 5 aromatic rings. The fourth-order valence-electron chi connectivity index (χ4n) is 5.81. The number of hydrogen-bond donors (Lipinski definition) is 0. The Morgan fingerprint density at radius 1 is 0.917 bits per heavy atom. The Labute approximate surface area is 275 Å². The largest absolute Gasteiger partial charge is 0.496 e. The van der Waals surface area contributed by atoms with Gasteiger partial charge in [0.25, 0.3) is 11.8 Å². The van der Waals surface area contributed by atoms with Crippen molar-refractivity contribution in [3.8, 4) is 17.4 Å². The molecule has 0 bridgehead atoms. The van der Waals surface area contributed by atoms with Gasteiger partial charge < -0.3 is 23.8 Å². The third-order valence-corrected chi connectivity index (χ3v) is 8.57. The van der Waals surface area contributed by atoms with E-state index in [1.165, 1.54) is 18.1 Å². The Morgan fingerprint density at radius 2 is 1.65 bits per heavy atom. The molecular weight excluding hydrogens is 623 g/mol. The second-order valence-corrected chi connectivity index (χ2v) is 11.6. The Balaban J connectivity index is 1.08. The first-order valence-corrected chi connectivity index (χ1v) is 15.3. The number of alkyl halides is 3. The monoisotopic (exact) mass is 657 g/mol. The van der Waals surface area contributed by atoms with Gasteiger partial charge in [-0.3, -0.25) is 14.5 Å². The topological polar surface area (TPSA) is 80.1 Å². The standard InChI is InChI=1S/C36H34F3N5O4/c1-41(34(45)24-8-10-27(11-9-24)36(37,38)39)28-12-15-33(40-22-28)48-29-13-14-30-26(20-29)21-31(42(30)2)35(46)44-18-16-43(17-19-44)23-25-6-4-5-7-32(25)47-3/h4-15,20-22H,16-19,23H2,1-3H3. The molecule has 0 radical (unpaired) electrons. The third kappa shape index (κ3) is 6.84. The molecule has 0 N–H and O–H groups in total. The number of anilines is 1. The fraction of sp³-hybridized carbons (Fsp3) is 0.250. The summed E-state index contributed by atoms with van der Waals surface area (Å²) in [6.07, 6.45) is -3.03. The van der Waals surface area contributed by atoms with Gasteiger partial charge in [0.15, 0.2) is 0 Å². The van der Waals surface area contributed by atoms with Gasteiger partial charge in [-0.15, -0.1) is 0 Å². The summed E-state index contributed by atoms with van der Waals surface area (Å²) in [5.74, 6) is 1.16. The van der Waals surface area contributed by atoms with Crippen molar-refractivity contribution in [2.24, 2.45) is 7.05 Å². The molecule has 6 rings (SSSR count). The van der Waals surface area contributed by atoms with E-state index >= 15 is 0 Å². The summed E-state index contributed by atoms with van der Waals surface area (Å²) in [7, 11) is 5.06. The van der Waals surface area contributed by atoms with Gasteiger partial charge in [0, 0.05) is 74.9 Å². The molecule has 2 aromatic heterocycles. The summed E-state index contributed by atoms with van der Waals surface area (Å²) in [5, 5.41) is 0.839. The second kappa shape index (κ2) is 13.4. The van der Waals surface area contributed by atoms with Gasteiger partial charge in [-0.2, -0.15) is 13.2 Å². The molecule has 3 heterocycles. The molecule has 0 aliphatic carbocycles. The third-order valence-electron chi connectivity index (χ3n) is 8.57. The van der Waals surface area contributed by atoms with Crippen LogP contribution in [0.5, 0.6) is 17.4 Å². The highest BCUT2D eigenvalue weighted by Crippen LogP contribution is 2.31. The van der Waals surface area contributed by atoms with Crippen LogP contribution >= 0.6 is 0 Å².